The van der Waals surface area contributed by atoms with Gasteiger partial charge >= 0.3 is 0 Å². The number of rotatable bonds is 5. The van der Waals surface area contributed by atoms with E-state index in [0.717, 1.165) is 24.4 Å². The maximum absolute atomic E-state index is 3.43. The number of fused-ring (bicyclic) bond motifs is 1. The summed E-state index contributed by atoms with van der Waals surface area (Å²) < 4.78 is 0. The highest BCUT2D eigenvalue weighted by atomic mass is 15.2. The van der Waals surface area contributed by atoms with Gasteiger partial charge in [-0.1, -0.05) is 13.3 Å². The number of likely N-dealkylation sites (tertiary alicyclic amines) is 1. The molecule has 1 N–H and O–H groups in total. The van der Waals surface area contributed by atoms with E-state index in [-0.39, 0.29) is 0 Å². The molecule has 0 aromatic rings. The standard InChI is InChI=1S/C13H26N2/c1-3-14-8-7-11(2)15-9-12-5-4-6-13(12)10-15/h11-14H,3-10H2,1-2H3. The molecule has 1 saturated heterocycles. The Hall–Kier alpha value is -0.0800. The maximum atomic E-state index is 3.43. The van der Waals surface area contributed by atoms with Crippen LogP contribution in [0.3, 0.4) is 0 Å². The van der Waals surface area contributed by atoms with Crippen molar-refractivity contribution in [1.82, 2.24) is 10.2 Å². The molecule has 2 rings (SSSR count). The molecule has 2 fully saturated rings. The van der Waals surface area contributed by atoms with E-state index in [4.69, 9.17) is 0 Å². The summed E-state index contributed by atoms with van der Waals surface area (Å²) in [5.74, 6) is 2.10. The van der Waals surface area contributed by atoms with Gasteiger partial charge in [0.1, 0.15) is 0 Å². The quantitative estimate of drug-likeness (QED) is 0.699. The zero-order valence-corrected chi connectivity index (χ0v) is 10.3. The van der Waals surface area contributed by atoms with E-state index in [0.29, 0.717) is 0 Å². The van der Waals surface area contributed by atoms with Gasteiger partial charge in [0.15, 0.2) is 0 Å². The number of hydrogen-bond donors (Lipinski definition) is 1. The van der Waals surface area contributed by atoms with Crippen LogP contribution in [0.25, 0.3) is 0 Å². The van der Waals surface area contributed by atoms with Gasteiger partial charge in [-0.25, -0.2) is 0 Å². The molecule has 0 aromatic heterocycles. The third kappa shape index (κ3) is 2.73. The normalized spacial score (nSPS) is 33.2. The predicted molar refractivity (Wildman–Crippen MR) is 65.0 cm³/mol. The summed E-state index contributed by atoms with van der Waals surface area (Å²) in [6.07, 6.45) is 5.81. The number of nitrogens with one attached hydrogen (secondary N) is 1. The molecule has 1 saturated carbocycles. The van der Waals surface area contributed by atoms with E-state index in [1.165, 1.54) is 45.3 Å². The second-order valence-electron chi connectivity index (χ2n) is 5.40. The zero-order chi connectivity index (χ0) is 10.7. The van der Waals surface area contributed by atoms with Crippen LogP contribution in [0.15, 0.2) is 0 Å². The van der Waals surface area contributed by atoms with Gasteiger partial charge in [-0.3, -0.25) is 0 Å². The van der Waals surface area contributed by atoms with E-state index < -0.39 is 0 Å². The first-order valence-electron chi connectivity index (χ1n) is 6.76. The van der Waals surface area contributed by atoms with Crippen LogP contribution < -0.4 is 5.32 Å². The van der Waals surface area contributed by atoms with E-state index in [2.05, 4.69) is 24.1 Å². The summed E-state index contributed by atoms with van der Waals surface area (Å²) in [4.78, 5) is 2.73. The number of nitrogens with zero attached hydrogens (tertiary/aromatic N) is 1. The minimum atomic E-state index is 0.787. The van der Waals surface area contributed by atoms with Gasteiger partial charge in [0, 0.05) is 19.1 Å². The van der Waals surface area contributed by atoms with Crippen molar-refractivity contribution in [2.24, 2.45) is 11.8 Å². The molecule has 1 aliphatic heterocycles. The van der Waals surface area contributed by atoms with Gasteiger partial charge in [0.2, 0.25) is 0 Å². The van der Waals surface area contributed by atoms with Crippen molar-refractivity contribution in [3.05, 3.63) is 0 Å². The molecular formula is C13H26N2. The molecule has 0 spiro atoms. The molecule has 3 unspecified atom stereocenters. The van der Waals surface area contributed by atoms with Gasteiger partial charge in [-0.05, 0) is 51.1 Å². The molecule has 0 radical (unpaired) electrons. The van der Waals surface area contributed by atoms with Crippen molar-refractivity contribution in [1.29, 1.82) is 0 Å². The Kier molecular flexibility index (Phi) is 4.04. The minimum absolute atomic E-state index is 0.787. The summed E-state index contributed by atoms with van der Waals surface area (Å²) in [5.41, 5.74) is 0. The molecule has 2 aliphatic rings. The summed E-state index contributed by atoms with van der Waals surface area (Å²) in [6.45, 7) is 9.65. The average molecular weight is 210 g/mol. The lowest BCUT2D eigenvalue weighted by Crippen LogP contribution is -2.34. The Bertz CT molecular complexity index is 181. The summed E-state index contributed by atoms with van der Waals surface area (Å²) >= 11 is 0. The largest absolute Gasteiger partial charge is 0.317 e. The predicted octanol–water partition coefficient (Wildman–Crippen LogP) is 2.11. The van der Waals surface area contributed by atoms with Crippen molar-refractivity contribution in [3.8, 4) is 0 Å². The maximum Gasteiger partial charge on any atom is 0.00792 e. The van der Waals surface area contributed by atoms with Gasteiger partial charge in [0.05, 0.1) is 0 Å². The third-order valence-corrected chi connectivity index (χ3v) is 4.37. The van der Waals surface area contributed by atoms with Crippen LogP contribution in [-0.4, -0.2) is 37.1 Å². The fourth-order valence-electron chi connectivity index (χ4n) is 3.30. The van der Waals surface area contributed by atoms with Crippen LogP contribution in [0.5, 0.6) is 0 Å². The molecule has 1 aliphatic carbocycles. The molecule has 15 heavy (non-hydrogen) atoms. The summed E-state index contributed by atoms with van der Waals surface area (Å²) in [7, 11) is 0. The van der Waals surface area contributed by atoms with Gasteiger partial charge in [-0.2, -0.15) is 0 Å². The summed E-state index contributed by atoms with van der Waals surface area (Å²) in [6, 6.07) is 0.787. The lowest BCUT2D eigenvalue weighted by molar-refractivity contribution is 0.227. The second kappa shape index (κ2) is 5.31. The molecule has 0 bridgehead atoms. The van der Waals surface area contributed by atoms with Gasteiger partial charge < -0.3 is 10.2 Å². The highest BCUT2D eigenvalue weighted by Gasteiger charge is 2.37. The van der Waals surface area contributed by atoms with E-state index >= 15 is 0 Å². The monoisotopic (exact) mass is 210 g/mol. The fourth-order valence-corrected chi connectivity index (χ4v) is 3.30. The molecule has 0 amide bonds. The fraction of sp³-hybridized carbons (Fsp3) is 1.00. The first-order chi connectivity index (χ1) is 7.31. The Morgan fingerprint density at radius 1 is 1.27 bits per heavy atom. The Labute approximate surface area is 94.4 Å². The van der Waals surface area contributed by atoms with Crippen LogP contribution in [0.4, 0.5) is 0 Å². The van der Waals surface area contributed by atoms with Crippen LogP contribution in [-0.2, 0) is 0 Å². The first kappa shape index (κ1) is 11.4. The van der Waals surface area contributed by atoms with Crippen LogP contribution >= 0.6 is 0 Å². The van der Waals surface area contributed by atoms with Gasteiger partial charge in [0.25, 0.3) is 0 Å². The molecule has 2 heteroatoms. The Morgan fingerprint density at radius 2 is 1.93 bits per heavy atom. The SMILES string of the molecule is CCNCCC(C)N1CC2CCCC2C1. The van der Waals surface area contributed by atoms with Crippen LogP contribution in [0.2, 0.25) is 0 Å². The van der Waals surface area contributed by atoms with Gasteiger partial charge in [-0.15, -0.1) is 0 Å². The van der Waals surface area contributed by atoms with Crippen molar-refractivity contribution in [3.63, 3.8) is 0 Å². The van der Waals surface area contributed by atoms with E-state index in [1.54, 1.807) is 0 Å². The Morgan fingerprint density at radius 3 is 2.53 bits per heavy atom. The van der Waals surface area contributed by atoms with E-state index in [1.807, 2.05) is 0 Å². The van der Waals surface area contributed by atoms with Crippen molar-refractivity contribution < 1.29 is 0 Å². The molecule has 2 nitrogen and oxygen atoms in total. The minimum Gasteiger partial charge on any atom is -0.317 e. The summed E-state index contributed by atoms with van der Waals surface area (Å²) in [5, 5.41) is 3.43. The van der Waals surface area contributed by atoms with Crippen molar-refractivity contribution in [2.75, 3.05) is 26.2 Å². The average Bonchev–Trinajstić information content (AvgIpc) is 2.76. The highest BCUT2D eigenvalue weighted by molar-refractivity contribution is 4.90. The lowest BCUT2D eigenvalue weighted by atomic mass is 10.0. The third-order valence-electron chi connectivity index (χ3n) is 4.37. The smallest absolute Gasteiger partial charge is 0.00792 e. The second-order valence-corrected chi connectivity index (χ2v) is 5.40. The molecule has 0 aromatic carbocycles. The highest BCUT2D eigenvalue weighted by Crippen LogP contribution is 2.38. The molecule has 3 atom stereocenters. The Balaban J connectivity index is 1.70. The lowest BCUT2D eigenvalue weighted by Gasteiger charge is -2.25. The zero-order valence-electron chi connectivity index (χ0n) is 10.3. The number of hydrogen-bond acceptors (Lipinski definition) is 2. The topological polar surface area (TPSA) is 15.3 Å². The van der Waals surface area contributed by atoms with E-state index in [9.17, 15) is 0 Å². The van der Waals surface area contributed by atoms with Crippen molar-refractivity contribution >= 4 is 0 Å². The molecule has 88 valence electrons. The van der Waals surface area contributed by atoms with Crippen LogP contribution in [0, 0.1) is 11.8 Å². The first-order valence-corrected chi connectivity index (χ1v) is 6.76. The molecule has 1 heterocycles. The molecular weight excluding hydrogens is 184 g/mol. The van der Waals surface area contributed by atoms with Crippen molar-refractivity contribution in [2.45, 2.75) is 45.6 Å². The van der Waals surface area contributed by atoms with Crippen LogP contribution in [0.1, 0.15) is 39.5 Å².